The van der Waals surface area contributed by atoms with Crippen LogP contribution < -0.4 is 52.4 Å². The number of nitrogens with zero attached hydrogens (tertiary/aromatic N) is 4. The minimum absolute atomic E-state index is 0.0980. The Hall–Kier alpha value is -11.7. The van der Waals surface area contributed by atoms with Crippen molar-refractivity contribution in [1.82, 2.24) is 0 Å². The van der Waals surface area contributed by atoms with Crippen molar-refractivity contribution in [2.75, 3.05) is 19.6 Å². The molecule has 0 fully saturated rings. The molecule has 0 saturated carbocycles. The van der Waals surface area contributed by atoms with E-state index in [0.717, 1.165) is 67.8 Å². The molecule has 4 nitrogen and oxygen atoms in total. The van der Waals surface area contributed by atoms with Gasteiger partial charge in [-0.3, -0.25) is 0 Å². The average Bonchev–Trinajstić information content (AvgIpc) is 0.694. The van der Waals surface area contributed by atoms with Crippen LogP contribution in [0.4, 0.5) is 68.2 Å². The predicted octanol–water partition coefficient (Wildman–Crippen LogP) is 20.8. The van der Waals surface area contributed by atoms with Gasteiger partial charge in [-0.1, -0.05) is 307 Å². The van der Waals surface area contributed by atoms with E-state index in [1.165, 1.54) is 97.4 Å². The smallest absolute Gasteiger partial charge is 0.249 e. The lowest BCUT2D eigenvalue weighted by Crippen LogP contribution is -2.63. The van der Waals surface area contributed by atoms with Gasteiger partial charge < -0.3 is 19.6 Å². The fourth-order valence-electron chi connectivity index (χ4n) is 15.8. The van der Waals surface area contributed by atoms with Crippen LogP contribution in [-0.4, -0.2) is 13.4 Å². The van der Waals surface area contributed by atoms with Crippen LogP contribution in [0.2, 0.25) is 0 Å². The summed E-state index contributed by atoms with van der Waals surface area (Å²) in [6.07, 6.45) is 0. The van der Waals surface area contributed by atoms with Gasteiger partial charge in [0.2, 0.25) is 13.4 Å². The second-order valence-corrected chi connectivity index (χ2v) is 27.6. The van der Waals surface area contributed by atoms with Gasteiger partial charge in [0.05, 0.1) is 22.7 Å². The van der Waals surface area contributed by atoms with Gasteiger partial charge in [0, 0.05) is 87.3 Å². The van der Waals surface area contributed by atoms with Crippen molar-refractivity contribution < 1.29 is 0 Å². The zero-order valence-corrected chi connectivity index (χ0v) is 55.0. The summed E-state index contributed by atoms with van der Waals surface area (Å²) in [5.74, 6) is 0. The van der Waals surface area contributed by atoms with E-state index < -0.39 is 0 Å². The Morgan fingerprint density at radius 2 is 0.520 bits per heavy atom. The third-order valence-electron chi connectivity index (χ3n) is 19.9. The normalized spacial score (nSPS) is 12.7. The van der Waals surface area contributed by atoms with E-state index in [1.54, 1.807) is 0 Å². The molecular weight excluding hydrogens is 1220 g/mol. The molecule has 0 bridgehead atoms. The number of rotatable bonds is 12. The summed E-state index contributed by atoms with van der Waals surface area (Å²) < 4.78 is 0. The highest BCUT2D eigenvalue weighted by molar-refractivity contribution is 8.01. The zero-order valence-electron chi connectivity index (χ0n) is 53.4. The third-order valence-corrected chi connectivity index (χ3v) is 22.2. The van der Waals surface area contributed by atoms with Crippen LogP contribution in [0.3, 0.4) is 0 Å². The fraction of sp³-hybridized carbons (Fsp3) is 0. The lowest BCUT2D eigenvalue weighted by molar-refractivity contribution is 1.22. The van der Waals surface area contributed by atoms with Crippen LogP contribution in [-0.2, 0) is 0 Å². The van der Waals surface area contributed by atoms with Crippen LogP contribution in [0.25, 0.3) is 44.5 Å². The molecule has 15 aromatic rings. The van der Waals surface area contributed by atoms with Crippen LogP contribution in [0, 0.1) is 0 Å². The number of benzene rings is 15. The number of hydrogen-bond acceptors (Lipinski definition) is 6. The Balaban J connectivity index is 0.857. The molecule has 98 heavy (non-hydrogen) atoms. The molecule has 19 rings (SSSR count). The molecule has 0 atom stereocenters. The van der Waals surface area contributed by atoms with E-state index in [2.05, 4.69) is 384 Å². The maximum Gasteiger partial charge on any atom is 0.249 e. The Morgan fingerprint density at radius 3 is 0.908 bits per heavy atom. The Labute approximate surface area is 581 Å². The van der Waals surface area contributed by atoms with Gasteiger partial charge in [-0.05, 0) is 135 Å². The quantitative estimate of drug-likeness (QED) is 0.112. The van der Waals surface area contributed by atoms with Crippen molar-refractivity contribution in [1.29, 1.82) is 0 Å². The number of hydrogen-bond donors (Lipinski definition) is 0. The summed E-state index contributed by atoms with van der Waals surface area (Å²) in [5.41, 5.74) is 30.7. The summed E-state index contributed by atoms with van der Waals surface area (Å²) in [7, 11) is 0. The maximum absolute atomic E-state index is 2.65. The minimum atomic E-state index is -0.0980. The molecule has 0 aromatic heterocycles. The molecule has 4 heterocycles. The third kappa shape index (κ3) is 9.65. The standard InChI is InChI=1S/C90H60B2N4S2/c1-7-31-61(32-8-1)69-43-19-25-49-77(69)93(65-39-15-5-16-40-65)67-55-83-89-87(57-67)97-85-60-86-76(59-75(85)91(89)73-47-23-29-53-81(73)95(83)79-51-27-21-45-71(79)63-35-11-3-12-36-63)92-74-48-24-30-54-82(74)96(80-52-28-22-46-72(80)64-37-13-4-14-38-64)84-56-68(58-88(98-86)90(84)92)94(66-41-17-6-18-42-66)78-50-26-20-44-70(78)62-33-9-2-10-34-62/h1-60H. The molecule has 8 heteroatoms. The zero-order chi connectivity index (χ0) is 64.6. The monoisotopic (exact) mass is 1280 g/mol. The summed E-state index contributed by atoms with van der Waals surface area (Å²) >= 11 is 3.85. The Bertz CT molecular complexity index is 5220. The molecule has 0 amide bonds. The summed E-state index contributed by atoms with van der Waals surface area (Å²) in [4.78, 5) is 15.2. The SMILES string of the molecule is c1ccc(-c2ccccc2N(c2ccccc2)c2cc3c4c(c2)N(c2ccccc2-c2ccccc2)c2ccccc2B4c2cc4c(cc2S3)Sc2cc(N(c3ccccc3)c3ccccc3-c3ccccc3)cc3c2B4c2ccccc2N3c2ccccc2-c2ccccc2)cc1. The van der Waals surface area contributed by atoms with Gasteiger partial charge in [0.1, 0.15) is 0 Å². The van der Waals surface area contributed by atoms with Crippen LogP contribution in [0.5, 0.6) is 0 Å². The molecule has 458 valence electrons. The van der Waals surface area contributed by atoms with E-state index in [9.17, 15) is 0 Å². The highest BCUT2D eigenvalue weighted by atomic mass is 32.2. The van der Waals surface area contributed by atoms with Gasteiger partial charge in [-0.2, -0.15) is 0 Å². The number of para-hydroxylation sites is 8. The summed E-state index contributed by atoms with van der Waals surface area (Å²) in [6.45, 7) is -0.196. The first-order valence-corrected chi connectivity index (χ1v) is 35.3. The summed E-state index contributed by atoms with van der Waals surface area (Å²) in [5, 5.41) is 0. The highest BCUT2D eigenvalue weighted by Crippen LogP contribution is 2.53. The first kappa shape index (κ1) is 57.7. The van der Waals surface area contributed by atoms with Crippen molar-refractivity contribution in [3.05, 3.63) is 364 Å². The van der Waals surface area contributed by atoms with Crippen molar-refractivity contribution in [2.24, 2.45) is 0 Å². The van der Waals surface area contributed by atoms with Crippen LogP contribution >= 0.6 is 23.5 Å². The topological polar surface area (TPSA) is 13.0 Å². The first-order chi connectivity index (χ1) is 48.7. The molecule has 0 spiro atoms. The van der Waals surface area contributed by atoms with Gasteiger partial charge in [-0.25, -0.2) is 0 Å². The van der Waals surface area contributed by atoms with Crippen LogP contribution in [0.15, 0.2) is 384 Å². The van der Waals surface area contributed by atoms with Crippen LogP contribution in [0.1, 0.15) is 0 Å². The van der Waals surface area contributed by atoms with Gasteiger partial charge >= 0.3 is 0 Å². The maximum atomic E-state index is 2.65. The van der Waals surface area contributed by atoms with Crippen molar-refractivity contribution in [3.63, 3.8) is 0 Å². The largest absolute Gasteiger partial charge is 0.311 e. The van der Waals surface area contributed by atoms with Gasteiger partial charge in [-0.15, -0.1) is 0 Å². The van der Waals surface area contributed by atoms with Crippen molar-refractivity contribution in [2.45, 2.75) is 19.6 Å². The molecule has 15 aromatic carbocycles. The lowest BCUT2D eigenvalue weighted by Gasteiger charge is -2.43. The molecule has 0 aliphatic carbocycles. The fourth-order valence-corrected chi connectivity index (χ4v) is 18.3. The first-order valence-electron chi connectivity index (χ1n) is 33.6. The van der Waals surface area contributed by atoms with Crippen molar-refractivity contribution >= 4 is 138 Å². The Kier molecular flexibility index (Phi) is 14.3. The molecule has 4 aliphatic heterocycles. The Morgan fingerprint density at radius 1 is 0.214 bits per heavy atom. The van der Waals surface area contributed by atoms with E-state index in [1.807, 2.05) is 23.5 Å². The molecule has 0 N–H and O–H groups in total. The number of fused-ring (bicyclic) bond motifs is 8. The molecular formula is C90H60B2N4S2. The molecule has 0 radical (unpaired) electrons. The second-order valence-electron chi connectivity index (χ2n) is 25.4. The predicted molar refractivity (Wildman–Crippen MR) is 417 cm³/mol. The van der Waals surface area contributed by atoms with Gasteiger partial charge in [0.25, 0.3) is 0 Å². The number of anilines is 12. The van der Waals surface area contributed by atoms with E-state index in [4.69, 9.17) is 0 Å². The lowest BCUT2D eigenvalue weighted by atomic mass is 9.32. The highest BCUT2D eigenvalue weighted by Gasteiger charge is 2.47. The second kappa shape index (κ2) is 24.2. The van der Waals surface area contributed by atoms with Gasteiger partial charge in [0.15, 0.2) is 0 Å². The average molecular weight is 1280 g/mol. The molecule has 0 saturated heterocycles. The molecule has 0 unspecified atom stereocenters. The minimum Gasteiger partial charge on any atom is -0.311 e. The van der Waals surface area contributed by atoms with E-state index >= 15 is 0 Å². The summed E-state index contributed by atoms with van der Waals surface area (Å²) in [6, 6.07) is 135. The van der Waals surface area contributed by atoms with Crippen molar-refractivity contribution in [3.8, 4) is 44.5 Å². The molecule has 4 aliphatic rings. The van der Waals surface area contributed by atoms with E-state index in [0.29, 0.717) is 0 Å². The van der Waals surface area contributed by atoms with E-state index in [-0.39, 0.29) is 13.4 Å².